The molecule has 0 aliphatic heterocycles. The van der Waals surface area contributed by atoms with Crippen molar-refractivity contribution in [3.05, 3.63) is 24.3 Å². The zero-order valence-corrected chi connectivity index (χ0v) is 11.1. The monoisotopic (exact) mass is 237 g/mol. The minimum Gasteiger partial charge on any atom is -0.392 e. The van der Waals surface area contributed by atoms with Crippen molar-refractivity contribution >= 4 is 0 Å². The fraction of sp³-hybridized carbons (Fsp3) is 0.692. The van der Waals surface area contributed by atoms with Crippen LogP contribution >= 0.6 is 0 Å². The van der Waals surface area contributed by atoms with E-state index in [-0.39, 0.29) is 17.6 Å². The summed E-state index contributed by atoms with van der Waals surface area (Å²) in [6.45, 7) is 8.98. The maximum Gasteiger partial charge on any atom is 0.0753 e. The highest BCUT2D eigenvalue weighted by molar-refractivity contribution is 5.00. The van der Waals surface area contributed by atoms with Crippen molar-refractivity contribution in [1.29, 1.82) is 0 Å². The summed E-state index contributed by atoms with van der Waals surface area (Å²) in [5.74, 6) is 0. The van der Waals surface area contributed by atoms with Crippen LogP contribution in [0, 0.1) is 5.41 Å². The lowest BCUT2D eigenvalue weighted by Gasteiger charge is -2.23. The maximum atomic E-state index is 9.88. The van der Waals surface area contributed by atoms with Crippen LogP contribution in [0.4, 0.5) is 0 Å². The summed E-state index contributed by atoms with van der Waals surface area (Å²) >= 11 is 0. The van der Waals surface area contributed by atoms with Gasteiger partial charge in [0.2, 0.25) is 0 Å². The highest BCUT2D eigenvalue weighted by Crippen LogP contribution is 2.20. The number of aliphatic hydroxyl groups is 1. The van der Waals surface area contributed by atoms with Gasteiger partial charge >= 0.3 is 0 Å². The Hall–Kier alpha value is -1.00. The Kier molecular flexibility index (Phi) is 5.02. The Morgan fingerprint density at radius 1 is 1.35 bits per heavy atom. The molecule has 0 aromatic carbocycles. The maximum absolute atomic E-state index is 9.88. The molecule has 1 aromatic heterocycles. The van der Waals surface area contributed by atoms with Crippen molar-refractivity contribution in [2.75, 3.05) is 6.54 Å². The lowest BCUT2D eigenvalue weighted by Crippen LogP contribution is -2.32. The molecule has 2 unspecified atom stereocenters. The topological polar surface area (TPSA) is 58.0 Å². The molecule has 0 spiro atoms. The van der Waals surface area contributed by atoms with Crippen LogP contribution in [0.25, 0.3) is 0 Å². The summed E-state index contributed by atoms with van der Waals surface area (Å²) in [6, 6.07) is 0.110. The summed E-state index contributed by atoms with van der Waals surface area (Å²) < 4.78 is 0. The number of hydrogen-bond donors (Lipinski definition) is 2. The van der Waals surface area contributed by atoms with E-state index < -0.39 is 0 Å². The Morgan fingerprint density at radius 3 is 2.59 bits per heavy atom. The molecular formula is C13H23N3O. The van der Waals surface area contributed by atoms with Gasteiger partial charge in [-0.25, -0.2) is 0 Å². The third kappa shape index (κ3) is 5.75. The van der Waals surface area contributed by atoms with Gasteiger partial charge < -0.3 is 10.4 Å². The molecule has 96 valence electrons. The average Bonchev–Trinajstić information content (AvgIpc) is 2.25. The molecule has 2 N–H and O–H groups in total. The first-order valence-corrected chi connectivity index (χ1v) is 6.06. The molecule has 0 aliphatic rings. The molecule has 0 fully saturated rings. The zero-order valence-electron chi connectivity index (χ0n) is 11.1. The lowest BCUT2D eigenvalue weighted by molar-refractivity contribution is 0.117. The van der Waals surface area contributed by atoms with E-state index in [0.29, 0.717) is 6.54 Å². The van der Waals surface area contributed by atoms with E-state index in [1.165, 1.54) is 0 Å². The van der Waals surface area contributed by atoms with Crippen molar-refractivity contribution in [2.24, 2.45) is 5.41 Å². The third-order valence-corrected chi connectivity index (χ3v) is 2.53. The van der Waals surface area contributed by atoms with Crippen molar-refractivity contribution in [3.63, 3.8) is 0 Å². The van der Waals surface area contributed by atoms with Crippen molar-refractivity contribution in [2.45, 2.75) is 46.3 Å². The number of nitrogens with one attached hydrogen (secondary N) is 1. The van der Waals surface area contributed by atoms with Gasteiger partial charge in [0, 0.05) is 31.2 Å². The summed E-state index contributed by atoms with van der Waals surface area (Å²) in [5, 5.41) is 13.2. The SMILES string of the molecule is CC(NCC(O)CC(C)(C)C)c1cnccn1. The van der Waals surface area contributed by atoms with Crippen molar-refractivity contribution in [3.8, 4) is 0 Å². The Bertz CT molecular complexity index is 321. The van der Waals surface area contributed by atoms with Crippen LogP contribution in [0.15, 0.2) is 18.6 Å². The molecule has 1 heterocycles. The van der Waals surface area contributed by atoms with Crippen LogP contribution < -0.4 is 5.32 Å². The number of rotatable bonds is 5. The molecule has 0 saturated carbocycles. The molecule has 0 bridgehead atoms. The molecule has 0 radical (unpaired) electrons. The van der Waals surface area contributed by atoms with Crippen LogP contribution in [0.1, 0.15) is 45.9 Å². The molecule has 17 heavy (non-hydrogen) atoms. The Labute approximate surface area is 103 Å². The normalized spacial score (nSPS) is 15.6. The van der Waals surface area contributed by atoms with Crippen molar-refractivity contribution < 1.29 is 5.11 Å². The second-order valence-corrected chi connectivity index (χ2v) is 5.68. The fourth-order valence-corrected chi connectivity index (χ4v) is 1.73. The molecule has 0 amide bonds. The highest BCUT2D eigenvalue weighted by Gasteiger charge is 2.17. The average molecular weight is 237 g/mol. The van der Waals surface area contributed by atoms with E-state index in [9.17, 15) is 5.11 Å². The summed E-state index contributed by atoms with van der Waals surface area (Å²) in [4.78, 5) is 8.25. The van der Waals surface area contributed by atoms with E-state index in [0.717, 1.165) is 12.1 Å². The van der Waals surface area contributed by atoms with E-state index in [1.807, 2.05) is 6.92 Å². The van der Waals surface area contributed by atoms with Gasteiger partial charge in [-0.15, -0.1) is 0 Å². The van der Waals surface area contributed by atoms with Gasteiger partial charge in [-0.05, 0) is 18.8 Å². The second-order valence-electron chi connectivity index (χ2n) is 5.68. The van der Waals surface area contributed by atoms with E-state index in [2.05, 4.69) is 36.1 Å². The quantitative estimate of drug-likeness (QED) is 0.821. The van der Waals surface area contributed by atoms with Crippen LogP contribution in [-0.4, -0.2) is 27.7 Å². The molecule has 1 rings (SSSR count). The first kappa shape index (κ1) is 14.1. The predicted octanol–water partition coefficient (Wildman–Crippen LogP) is 1.92. The van der Waals surface area contributed by atoms with Gasteiger partial charge in [-0.2, -0.15) is 0 Å². The van der Waals surface area contributed by atoms with E-state index in [4.69, 9.17) is 0 Å². The number of aliphatic hydroxyl groups excluding tert-OH is 1. The van der Waals surface area contributed by atoms with E-state index >= 15 is 0 Å². The van der Waals surface area contributed by atoms with Crippen LogP contribution in [-0.2, 0) is 0 Å². The smallest absolute Gasteiger partial charge is 0.0753 e. The first-order chi connectivity index (χ1) is 7.88. The summed E-state index contributed by atoms with van der Waals surface area (Å²) in [6.07, 6.45) is 5.54. The first-order valence-electron chi connectivity index (χ1n) is 6.06. The van der Waals surface area contributed by atoms with Gasteiger partial charge in [0.25, 0.3) is 0 Å². The molecule has 2 atom stereocenters. The Morgan fingerprint density at radius 2 is 2.06 bits per heavy atom. The third-order valence-electron chi connectivity index (χ3n) is 2.53. The largest absolute Gasteiger partial charge is 0.392 e. The molecule has 4 nitrogen and oxygen atoms in total. The standard InChI is InChI=1S/C13H23N3O/c1-10(12-9-14-5-6-15-12)16-8-11(17)7-13(2,3)4/h5-6,9-11,16-17H,7-8H2,1-4H3. The van der Waals surface area contributed by atoms with Gasteiger partial charge in [-0.3, -0.25) is 9.97 Å². The number of hydrogen-bond acceptors (Lipinski definition) is 4. The zero-order chi connectivity index (χ0) is 12.9. The lowest BCUT2D eigenvalue weighted by atomic mass is 9.89. The van der Waals surface area contributed by atoms with Gasteiger partial charge in [0.15, 0.2) is 0 Å². The Balaban J connectivity index is 2.36. The molecule has 1 aromatic rings. The van der Waals surface area contributed by atoms with Crippen LogP contribution in [0.2, 0.25) is 0 Å². The number of aromatic nitrogens is 2. The van der Waals surface area contributed by atoms with Gasteiger partial charge in [0.05, 0.1) is 11.8 Å². The van der Waals surface area contributed by atoms with Crippen molar-refractivity contribution in [1.82, 2.24) is 15.3 Å². The molecule has 0 saturated heterocycles. The van der Waals surface area contributed by atoms with Gasteiger partial charge in [0.1, 0.15) is 0 Å². The molecular weight excluding hydrogens is 214 g/mol. The fourth-order valence-electron chi connectivity index (χ4n) is 1.73. The van der Waals surface area contributed by atoms with E-state index in [1.54, 1.807) is 18.6 Å². The predicted molar refractivity (Wildman–Crippen MR) is 68.5 cm³/mol. The summed E-state index contributed by atoms with van der Waals surface area (Å²) in [5.41, 5.74) is 1.05. The minimum absolute atomic E-state index is 0.110. The molecule has 4 heteroatoms. The summed E-state index contributed by atoms with van der Waals surface area (Å²) in [7, 11) is 0. The van der Waals surface area contributed by atoms with Crippen LogP contribution in [0.5, 0.6) is 0 Å². The molecule has 0 aliphatic carbocycles. The second kappa shape index (κ2) is 6.07. The number of nitrogens with zero attached hydrogens (tertiary/aromatic N) is 2. The minimum atomic E-state index is -0.325. The highest BCUT2D eigenvalue weighted by atomic mass is 16.3. The van der Waals surface area contributed by atoms with Crippen LogP contribution in [0.3, 0.4) is 0 Å². The van der Waals surface area contributed by atoms with Gasteiger partial charge in [-0.1, -0.05) is 20.8 Å².